The maximum absolute atomic E-state index is 5.63. The summed E-state index contributed by atoms with van der Waals surface area (Å²) in [6.07, 6.45) is 5.06. The van der Waals surface area contributed by atoms with Gasteiger partial charge in [0, 0.05) is 16.2 Å². The van der Waals surface area contributed by atoms with Crippen molar-refractivity contribution in [1.82, 2.24) is 4.98 Å². The number of hydrogen-bond donors (Lipinski definition) is 1. The van der Waals surface area contributed by atoms with Gasteiger partial charge in [0.2, 0.25) is 0 Å². The molecule has 70 valence electrons. The normalized spacial score (nSPS) is 10.6. The lowest BCUT2D eigenvalue weighted by Gasteiger charge is -1.99. The highest BCUT2D eigenvalue weighted by Gasteiger charge is 1.96. The summed E-state index contributed by atoms with van der Waals surface area (Å²) in [5, 5.41) is 0. The zero-order valence-corrected chi connectivity index (χ0v) is 8.91. The van der Waals surface area contributed by atoms with Crippen molar-refractivity contribution in [3.63, 3.8) is 0 Å². The van der Waals surface area contributed by atoms with Crippen molar-refractivity contribution < 1.29 is 4.74 Å². The molecule has 4 heteroatoms. The van der Waals surface area contributed by atoms with Crippen LogP contribution >= 0.6 is 15.9 Å². The van der Waals surface area contributed by atoms with E-state index in [0.717, 1.165) is 10.0 Å². The van der Waals surface area contributed by atoms with E-state index in [1.165, 1.54) is 0 Å². The molecule has 0 bridgehead atoms. The summed E-state index contributed by atoms with van der Waals surface area (Å²) in [5.41, 5.74) is 6.48. The number of nitrogens with two attached hydrogens (primary N) is 1. The van der Waals surface area contributed by atoms with Crippen LogP contribution in [0, 0.1) is 0 Å². The SMILES string of the molecule is CCO/C=C/c1cc(Br)cnc1N. The van der Waals surface area contributed by atoms with E-state index in [0.29, 0.717) is 12.4 Å². The van der Waals surface area contributed by atoms with E-state index >= 15 is 0 Å². The second-order valence-corrected chi connectivity index (χ2v) is 3.30. The van der Waals surface area contributed by atoms with Gasteiger partial charge in [-0.25, -0.2) is 4.98 Å². The fraction of sp³-hybridized carbons (Fsp3) is 0.222. The number of hydrogen-bond acceptors (Lipinski definition) is 3. The molecule has 0 aliphatic rings. The Morgan fingerprint density at radius 3 is 3.15 bits per heavy atom. The maximum atomic E-state index is 5.63. The molecule has 1 heterocycles. The van der Waals surface area contributed by atoms with E-state index < -0.39 is 0 Å². The largest absolute Gasteiger partial charge is 0.501 e. The summed E-state index contributed by atoms with van der Waals surface area (Å²) < 4.78 is 5.95. The van der Waals surface area contributed by atoms with Crippen molar-refractivity contribution in [1.29, 1.82) is 0 Å². The van der Waals surface area contributed by atoms with Gasteiger partial charge in [-0.05, 0) is 35.0 Å². The van der Waals surface area contributed by atoms with E-state index in [4.69, 9.17) is 10.5 Å². The van der Waals surface area contributed by atoms with Crippen molar-refractivity contribution >= 4 is 27.8 Å². The van der Waals surface area contributed by atoms with E-state index in [2.05, 4.69) is 20.9 Å². The predicted molar refractivity (Wildman–Crippen MR) is 57.0 cm³/mol. The fourth-order valence-corrected chi connectivity index (χ4v) is 1.17. The molecule has 0 aliphatic heterocycles. The van der Waals surface area contributed by atoms with E-state index in [9.17, 15) is 0 Å². The minimum atomic E-state index is 0.499. The number of anilines is 1. The van der Waals surface area contributed by atoms with Crippen LogP contribution in [0.5, 0.6) is 0 Å². The van der Waals surface area contributed by atoms with Crippen LogP contribution in [0.15, 0.2) is 23.0 Å². The Hall–Kier alpha value is -1.03. The smallest absolute Gasteiger partial charge is 0.130 e. The molecule has 0 spiro atoms. The molecule has 0 unspecified atom stereocenters. The third kappa shape index (κ3) is 3.06. The van der Waals surface area contributed by atoms with Crippen LogP contribution in [-0.2, 0) is 4.74 Å². The van der Waals surface area contributed by atoms with Gasteiger partial charge in [0.25, 0.3) is 0 Å². The Balaban J connectivity index is 2.81. The van der Waals surface area contributed by atoms with Crippen molar-refractivity contribution in [2.45, 2.75) is 6.92 Å². The quantitative estimate of drug-likeness (QED) is 0.829. The zero-order chi connectivity index (χ0) is 9.68. The highest BCUT2D eigenvalue weighted by atomic mass is 79.9. The van der Waals surface area contributed by atoms with Gasteiger partial charge in [0.15, 0.2) is 0 Å². The van der Waals surface area contributed by atoms with Gasteiger partial charge in [0.1, 0.15) is 5.82 Å². The van der Waals surface area contributed by atoms with Crippen LogP contribution in [0.1, 0.15) is 12.5 Å². The second-order valence-electron chi connectivity index (χ2n) is 2.39. The molecular formula is C9H11BrN2O. The van der Waals surface area contributed by atoms with Crippen LogP contribution in [0.25, 0.3) is 6.08 Å². The summed E-state index contributed by atoms with van der Waals surface area (Å²) in [4.78, 5) is 3.98. The van der Waals surface area contributed by atoms with Gasteiger partial charge in [-0.1, -0.05) is 0 Å². The highest BCUT2D eigenvalue weighted by molar-refractivity contribution is 9.10. The average Bonchev–Trinajstić information content (AvgIpc) is 2.11. The molecule has 0 atom stereocenters. The molecule has 2 N–H and O–H groups in total. The molecular weight excluding hydrogens is 232 g/mol. The topological polar surface area (TPSA) is 48.1 Å². The molecule has 0 saturated carbocycles. The van der Waals surface area contributed by atoms with Gasteiger partial charge in [-0.3, -0.25) is 0 Å². The van der Waals surface area contributed by atoms with Crippen LogP contribution in [0.4, 0.5) is 5.82 Å². The molecule has 0 amide bonds. The van der Waals surface area contributed by atoms with Crippen LogP contribution < -0.4 is 5.73 Å². The number of halogens is 1. The van der Waals surface area contributed by atoms with Crippen molar-refractivity contribution in [3.05, 3.63) is 28.6 Å². The van der Waals surface area contributed by atoms with E-state index in [1.54, 1.807) is 18.5 Å². The molecule has 0 saturated heterocycles. The van der Waals surface area contributed by atoms with Crippen LogP contribution in [0.2, 0.25) is 0 Å². The predicted octanol–water partition coefficient (Wildman–Crippen LogP) is 2.43. The lowest BCUT2D eigenvalue weighted by molar-refractivity contribution is 0.272. The first kappa shape index (κ1) is 10.1. The first-order valence-electron chi connectivity index (χ1n) is 3.93. The van der Waals surface area contributed by atoms with Gasteiger partial charge in [-0.15, -0.1) is 0 Å². The summed E-state index contributed by atoms with van der Waals surface area (Å²) in [6, 6.07) is 1.89. The average molecular weight is 243 g/mol. The third-order valence-corrected chi connectivity index (χ3v) is 1.86. The zero-order valence-electron chi connectivity index (χ0n) is 7.33. The number of nitrogen functional groups attached to an aromatic ring is 1. The Morgan fingerprint density at radius 1 is 1.69 bits per heavy atom. The maximum Gasteiger partial charge on any atom is 0.130 e. The van der Waals surface area contributed by atoms with Crippen LogP contribution in [-0.4, -0.2) is 11.6 Å². The second kappa shape index (κ2) is 4.87. The first-order valence-corrected chi connectivity index (χ1v) is 4.72. The lowest BCUT2D eigenvalue weighted by atomic mass is 10.2. The van der Waals surface area contributed by atoms with Gasteiger partial charge < -0.3 is 10.5 Å². The Morgan fingerprint density at radius 2 is 2.46 bits per heavy atom. The Labute approximate surface area is 85.7 Å². The molecule has 13 heavy (non-hydrogen) atoms. The summed E-state index contributed by atoms with van der Waals surface area (Å²) in [5.74, 6) is 0.499. The Bertz CT molecular complexity index is 312. The van der Waals surface area contributed by atoms with Crippen LogP contribution in [0.3, 0.4) is 0 Å². The molecule has 0 fully saturated rings. The van der Waals surface area contributed by atoms with Crippen molar-refractivity contribution in [3.8, 4) is 0 Å². The standard InChI is InChI=1S/C9H11BrN2O/c1-2-13-4-3-7-5-8(10)6-12-9(7)11/h3-6H,2H2,1H3,(H2,11,12)/b4-3+. The number of ether oxygens (including phenoxy) is 1. The lowest BCUT2D eigenvalue weighted by Crippen LogP contribution is -1.93. The van der Waals surface area contributed by atoms with Gasteiger partial charge >= 0.3 is 0 Å². The molecule has 0 aromatic carbocycles. The summed E-state index contributed by atoms with van der Waals surface area (Å²) >= 11 is 3.31. The number of rotatable bonds is 3. The number of pyridine rings is 1. The molecule has 0 radical (unpaired) electrons. The molecule has 0 aliphatic carbocycles. The fourth-order valence-electron chi connectivity index (χ4n) is 0.817. The Kier molecular flexibility index (Phi) is 3.76. The van der Waals surface area contributed by atoms with Crippen molar-refractivity contribution in [2.24, 2.45) is 0 Å². The van der Waals surface area contributed by atoms with Gasteiger partial charge in [-0.2, -0.15) is 0 Å². The molecule has 1 aromatic rings. The van der Waals surface area contributed by atoms with E-state index in [-0.39, 0.29) is 0 Å². The molecule has 3 nitrogen and oxygen atoms in total. The molecule has 1 rings (SSSR count). The highest BCUT2D eigenvalue weighted by Crippen LogP contribution is 2.16. The third-order valence-electron chi connectivity index (χ3n) is 1.43. The summed E-state index contributed by atoms with van der Waals surface area (Å²) in [7, 11) is 0. The summed E-state index contributed by atoms with van der Waals surface area (Å²) in [6.45, 7) is 2.57. The minimum absolute atomic E-state index is 0.499. The molecule has 1 aromatic heterocycles. The first-order chi connectivity index (χ1) is 6.24. The number of aromatic nitrogens is 1. The van der Waals surface area contributed by atoms with Gasteiger partial charge in [0.05, 0.1) is 12.9 Å². The monoisotopic (exact) mass is 242 g/mol. The number of nitrogens with zero attached hydrogens (tertiary/aromatic N) is 1. The minimum Gasteiger partial charge on any atom is -0.501 e. The van der Waals surface area contributed by atoms with Crippen molar-refractivity contribution in [2.75, 3.05) is 12.3 Å². The van der Waals surface area contributed by atoms with E-state index in [1.807, 2.05) is 13.0 Å².